The van der Waals surface area contributed by atoms with Crippen LogP contribution in [0.1, 0.15) is 12.0 Å². The summed E-state index contributed by atoms with van der Waals surface area (Å²) in [5.41, 5.74) is 0.882. The molecule has 1 saturated heterocycles. The maximum atomic E-state index is 14.3. The van der Waals surface area contributed by atoms with Gasteiger partial charge in [-0.2, -0.15) is 0 Å². The van der Waals surface area contributed by atoms with E-state index >= 15 is 0 Å². The molecular weight excluding hydrogens is 465 g/mol. The van der Waals surface area contributed by atoms with E-state index in [1.165, 1.54) is 15.9 Å². The van der Waals surface area contributed by atoms with Gasteiger partial charge in [-0.3, -0.25) is 0 Å². The predicted octanol–water partition coefficient (Wildman–Crippen LogP) is 4.53. The molecule has 1 fully saturated rings. The SMILES string of the molecule is COc1ccc(CN2CCC([PH](c3ccccc3)(c3ccccc3)c3ccccc3)C2=O)c(OC)c1. The van der Waals surface area contributed by atoms with Crippen molar-refractivity contribution < 1.29 is 14.3 Å². The van der Waals surface area contributed by atoms with Crippen LogP contribution < -0.4 is 25.4 Å². The Bertz CT molecular complexity index is 1220. The Balaban J connectivity index is 1.60. The molecule has 1 amide bonds. The van der Waals surface area contributed by atoms with E-state index in [0.717, 1.165) is 30.0 Å². The van der Waals surface area contributed by atoms with Crippen LogP contribution in [-0.2, 0) is 11.3 Å². The van der Waals surface area contributed by atoms with Gasteiger partial charge in [0, 0.05) is 0 Å². The van der Waals surface area contributed by atoms with E-state index in [1.54, 1.807) is 14.2 Å². The molecule has 0 bridgehead atoms. The van der Waals surface area contributed by atoms with Crippen molar-refractivity contribution >= 4 is 29.1 Å². The predicted molar refractivity (Wildman–Crippen MR) is 150 cm³/mol. The normalized spacial score (nSPS) is 16.1. The van der Waals surface area contributed by atoms with E-state index in [2.05, 4.69) is 91.0 Å². The number of ether oxygens (including phenoxy) is 2. The second-order valence-corrected chi connectivity index (χ2v) is 13.2. The van der Waals surface area contributed by atoms with E-state index in [4.69, 9.17) is 9.47 Å². The Morgan fingerprint density at radius 2 is 1.28 bits per heavy atom. The molecule has 1 heterocycles. The molecule has 0 N–H and O–H groups in total. The second-order valence-electron chi connectivity index (χ2n) is 9.18. The van der Waals surface area contributed by atoms with Crippen LogP contribution in [0.15, 0.2) is 109 Å². The van der Waals surface area contributed by atoms with Crippen molar-refractivity contribution in [3.63, 3.8) is 0 Å². The Morgan fingerprint density at radius 3 is 1.75 bits per heavy atom. The minimum absolute atomic E-state index is 0.103. The first kappa shape index (κ1) is 24.1. The maximum absolute atomic E-state index is 14.3. The van der Waals surface area contributed by atoms with Crippen LogP contribution >= 0.6 is 7.26 Å². The van der Waals surface area contributed by atoms with E-state index in [9.17, 15) is 4.79 Å². The molecule has 4 aromatic carbocycles. The van der Waals surface area contributed by atoms with Gasteiger partial charge in [0.2, 0.25) is 0 Å². The molecule has 0 saturated carbocycles. The first-order valence-corrected chi connectivity index (χ1v) is 14.4. The van der Waals surface area contributed by atoms with Crippen LogP contribution in [0.4, 0.5) is 0 Å². The Kier molecular flexibility index (Phi) is 7.06. The van der Waals surface area contributed by atoms with Crippen molar-refractivity contribution in [2.24, 2.45) is 0 Å². The van der Waals surface area contributed by atoms with Crippen LogP contribution in [0.3, 0.4) is 0 Å². The fourth-order valence-corrected chi connectivity index (χ4v) is 11.2. The summed E-state index contributed by atoms with van der Waals surface area (Å²) in [6.45, 7) is 1.24. The second kappa shape index (κ2) is 10.6. The summed E-state index contributed by atoms with van der Waals surface area (Å²) >= 11 is 0. The van der Waals surface area contributed by atoms with Crippen molar-refractivity contribution in [3.05, 3.63) is 115 Å². The molecular formula is C31H32NO3P. The van der Waals surface area contributed by atoms with Gasteiger partial charge in [-0.05, 0) is 0 Å². The number of hydrogen-bond acceptors (Lipinski definition) is 3. The third kappa shape index (κ3) is 4.27. The Labute approximate surface area is 213 Å². The molecule has 5 rings (SSSR count). The summed E-state index contributed by atoms with van der Waals surface area (Å²) in [6.07, 6.45) is 0.822. The topological polar surface area (TPSA) is 38.8 Å². The van der Waals surface area contributed by atoms with Gasteiger partial charge in [-0.15, -0.1) is 0 Å². The molecule has 0 aliphatic carbocycles. The fourth-order valence-electron chi connectivity index (χ4n) is 5.69. The standard InChI is InChI=1S/C31H32NO3P/c1-34-25-19-18-24(29(22-25)35-2)23-32-21-20-30(31(32)33)36(26-12-6-3-7-13-26,27-14-8-4-9-15-27)28-16-10-5-11-17-28/h3-19,22,30,36H,20-21,23H2,1-2H3. The van der Waals surface area contributed by atoms with Gasteiger partial charge >= 0.3 is 214 Å². The molecule has 36 heavy (non-hydrogen) atoms. The van der Waals surface area contributed by atoms with Gasteiger partial charge in [-0.1, -0.05) is 0 Å². The molecule has 4 aromatic rings. The van der Waals surface area contributed by atoms with Crippen molar-refractivity contribution in [3.8, 4) is 11.5 Å². The number of benzene rings is 4. The summed E-state index contributed by atoms with van der Waals surface area (Å²) in [6, 6.07) is 37.9. The third-order valence-electron chi connectivity index (χ3n) is 7.36. The number of amides is 1. The molecule has 1 aliphatic rings. The van der Waals surface area contributed by atoms with E-state index in [0.29, 0.717) is 6.54 Å². The van der Waals surface area contributed by atoms with Crippen LogP contribution in [0, 0.1) is 0 Å². The van der Waals surface area contributed by atoms with Gasteiger partial charge in [0.05, 0.1) is 0 Å². The van der Waals surface area contributed by atoms with Crippen molar-refractivity contribution in [1.82, 2.24) is 4.90 Å². The first-order valence-electron chi connectivity index (χ1n) is 12.3. The van der Waals surface area contributed by atoms with Crippen LogP contribution in [0.25, 0.3) is 0 Å². The molecule has 1 unspecified atom stereocenters. The number of hydrogen-bond donors (Lipinski definition) is 0. The number of rotatable bonds is 8. The molecule has 184 valence electrons. The van der Waals surface area contributed by atoms with Crippen molar-refractivity contribution in [1.29, 1.82) is 0 Å². The number of carbonyl (C=O) groups is 1. The van der Waals surface area contributed by atoms with Gasteiger partial charge in [0.1, 0.15) is 0 Å². The zero-order valence-corrected chi connectivity index (χ0v) is 21.8. The number of carbonyl (C=O) groups excluding carboxylic acids is 1. The average molecular weight is 498 g/mol. The Morgan fingerprint density at radius 1 is 0.750 bits per heavy atom. The van der Waals surface area contributed by atoms with Gasteiger partial charge in [0.15, 0.2) is 0 Å². The molecule has 0 radical (unpaired) electrons. The molecule has 0 spiro atoms. The van der Waals surface area contributed by atoms with E-state index in [-0.39, 0.29) is 11.6 Å². The number of methoxy groups -OCH3 is 2. The molecule has 4 nitrogen and oxygen atoms in total. The van der Waals surface area contributed by atoms with E-state index < -0.39 is 7.26 Å². The average Bonchev–Trinajstić information content (AvgIpc) is 3.31. The third-order valence-corrected chi connectivity index (χ3v) is 12.7. The quantitative estimate of drug-likeness (QED) is 0.336. The summed E-state index contributed by atoms with van der Waals surface area (Å²) in [7, 11) is 0.609. The zero-order chi connectivity index (χ0) is 25.0. The van der Waals surface area contributed by atoms with Crippen molar-refractivity contribution in [2.75, 3.05) is 20.8 Å². The molecule has 0 aromatic heterocycles. The summed E-state index contributed by atoms with van der Waals surface area (Å²) in [5, 5.41) is 3.80. The number of nitrogens with zero attached hydrogens (tertiary/aromatic N) is 1. The summed E-state index contributed by atoms with van der Waals surface area (Å²) < 4.78 is 11.0. The van der Waals surface area contributed by atoms with Gasteiger partial charge in [0.25, 0.3) is 0 Å². The van der Waals surface area contributed by atoms with Crippen LogP contribution in [0.5, 0.6) is 11.5 Å². The Hall–Kier alpha value is -3.62. The van der Waals surface area contributed by atoms with Crippen LogP contribution in [-0.4, -0.2) is 37.2 Å². The molecule has 5 heteroatoms. The number of likely N-dealkylation sites (tertiary alicyclic amines) is 1. The zero-order valence-electron chi connectivity index (χ0n) is 20.8. The van der Waals surface area contributed by atoms with E-state index in [1.807, 2.05) is 23.1 Å². The molecule has 1 atom stereocenters. The minimum atomic E-state index is -2.69. The summed E-state index contributed by atoms with van der Waals surface area (Å²) in [5.74, 6) is 1.70. The molecule has 1 aliphatic heterocycles. The fraction of sp³-hybridized carbons (Fsp3) is 0.194. The van der Waals surface area contributed by atoms with Crippen LogP contribution in [0.2, 0.25) is 0 Å². The van der Waals surface area contributed by atoms with Crippen molar-refractivity contribution in [2.45, 2.75) is 18.6 Å². The summed E-state index contributed by atoms with van der Waals surface area (Å²) in [4.78, 5) is 16.3. The monoisotopic (exact) mass is 497 g/mol. The van der Waals surface area contributed by atoms with Gasteiger partial charge in [-0.25, -0.2) is 0 Å². The first-order chi connectivity index (χ1) is 17.7. The van der Waals surface area contributed by atoms with Gasteiger partial charge < -0.3 is 0 Å².